The predicted octanol–water partition coefficient (Wildman–Crippen LogP) is 6.57. The van der Waals surface area contributed by atoms with E-state index in [1.165, 1.54) is 23.8 Å². The number of nitrogens with two attached hydrogens (primary N) is 1. The molecule has 2 amide bonds. The quantitative estimate of drug-likeness (QED) is 0.251. The topological polar surface area (TPSA) is 72.6 Å². The number of halogens is 1. The number of cyclic esters (lactones) is 1. The molecule has 1 aliphatic rings. The van der Waals surface area contributed by atoms with Crippen LogP contribution in [0.1, 0.15) is 33.0 Å². The SMILES string of the molecule is NC(=O)c1ccc(F)cc1[C@H](Cc1ccccc1)[C@@H]1CN(c2ccc(SCc3ccccc3)cc2)C(=O)O1. The largest absolute Gasteiger partial charge is 0.443 e. The predicted molar refractivity (Wildman–Crippen MR) is 148 cm³/mol. The van der Waals surface area contributed by atoms with Gasteiger partial charge in [-0.2, -0.15) is 0 Å². The van der Waals surface area contributed by atoms with Gasteiger partial charge in [0.2, 0.25) is 5.91 Å². The van der Waals surface area contributed by atoms with Crippen molar-refractivity contribution >= 4 is 29.4 Å². The molecule has 0 aromatic heterocycles. The van der Waals surface area contributed by atoms with Gasteiger partial charge in [0.25, 0.3) is 0 Å². The van der Waals surface area contributed by atoms with Gasteiger partial charge in [-0.1, -0.05) is 60.7 Å². The lowest BCUT2D eigenvalue weighted by molar-refractivity contribution is 0.0996. The second-order valence-electron chi connectivity index (χ2n) is 9.19. The van der Waals surface area contributed by atoms with Gasteiger partial charge in [0.05, 0.1) is 6.54 Å². The van der Waals surface area contributed by atoms with E-state index in [1.54, 1.807) is 16.7 Å². The van der Waals surface area contributed by atoms with Crippen molar-refractivity contribution in [2.45, 2.75) is 29.1 Å². The Morgan fingerprint density at radius 1 is 0.947 bits per heavy atom. The van der Waals surface area contributed by atoms with E-state index in [0.717, 1.165) is 21.9 Å². The molecule has 0 spiro atoms. The molecular formula is C31H27FN2O3S. The second-order valence-corrected chi connectivity index (χ2v) is 10.2. The number of hydrogen-bond donors (Lipinski definition) is 1. The summed E-state index contributed by atoms with van der Waals surface area (Å²) in [6.45, 7) is 0.265. The van der Waals surface area contributed by atoms with Crippen LogP contribution in [0.2, 0.25) is 0 Å². The van der Waals surface area contributed by atoms with Gasteiger partial charge in [0.15, 0.2) is 0 Å². The number of amides is 2. The van der Waals surface area contributed by atoms with Gasteiger partial charge in [-0.3, -0.25) is 9.69 Å². The van der Waals surface area contributed by atoms with Crippen LogP contribution in [0.15, 0.2) is 108 Å². The summed E-state index contributed by atoms with van der Waals surface area (Å²) >= 11 is 1.72. The Morgan fingerprint density at radius 2 is 1.61 bits per heavy atom. The molecule has 4 aromatic carbocycles. The summed E-state index contributed by atoms with van der Waals surface area (Å²) in [6, 6.07) is 31.6. The maximum absolute atomic E-state index is 14.4. The summed E-state index contributed by atoms with van der Waals surface area (Å²) in [6.07, 6.45) is -0.629. The molecule has 4 aromatic rings. The number of nitrogens with zero attached hydrogens (tertiary/aromatic N) is 1. The van der Waals surface area contributed by atoms with Crippen LogP contribution < -0.4 is 10.6 Å². The summed E-state index contributed by atoms with van der Waals surface area (Å²) in [5, 5.41) is 0. The number of carbonyl (C=O) groups is 2. The number of benzene rings is 4. The average molecular weight is 527 g/mol. The van der Waals surface area contributed by atoms with E-state index in [1.807, 2.05) is 72.8 Å². The van der Waals surface area contributed by atoms with Gasteiger partial charge >= 0.3 is 6.09 Å². The minimum atomic E-state index is -0.650. The van der Waals surface area contributed by atoms with Gasteiger partial charge in [0, 0.05) is 27.8 Å². The minimum absolute atomic E-state index is 0.224. The lowest BCUT2D eigenvalue weighted by Gasteiger charge is -2.24. The Kier molecular flexibility index (Phi) is 7.75. The fourth-order valence-electron chi connectivity index (χ4n) is 4.74. The Hall–Kier alpha value is -4.10. The van der Waals surface area contributed by atoms with Gasteiger partial charge < -0.3 is 10.5 Å². The van der Waals surface area contributed by atoms with Crippen LogP contribution in [0.25, 0.3) is 0 Å². The fourth-order valence-corrected chi connectivity index (χ4v) is 5.60. The molecule has 38 heavy (non-hydrogen) atoms. The van der Waals surface area contributed by atoms with Crippen molar-refractivity contribution in [2.75, 3.05) is 11.4 Å². The first-order valence-corrected chi connectivity index (χ1v) is 13.3. The third-order valence-corrected chi connectivity index (χ3v) is 7.74. The third-order valence-electron chi connectivity index (χ3n) is 6.66. The number of carbonyl (C=O) groups excluding carboxylic acids is 2. The Balaban J connectivity index is 1.37. The van der Waals surface area contributed by atoms with Crippen molar-refractivity contribution < 1.29 is 18.7 Å². The molecule has 5 nitrogen and oxygen atoms in total. The maximum Gasteiger partial charge on any atom is 0.414 e. The molecule has 7 heteroatoms. The Bertz CT molecular complexity index is 1410. The summed E-state index contributed by atoms with van der Waals surface area (Å²) in [4.78, 5) is 27.9. The van der Waals surface area contributed by atoms with Crippen molar-refractivity contribution in [1.82, 2.24) is 0 Å². The first-order chi connectivity index (χ1) is 18.5. The second kappa shape index (κ2) is 11.5. The number of rotatable bonds is 9. The highest BCUT2D eigenvalue weighted by atomic mass is 32.2. The van der Waals surface area contributed by atoms with Gasteiger partial charge in [-0.25, -0.2) is 9.18 Å². The molecule has 0 unspecified atom stereocenters. The third kappa shape index (κ3) is 5.89. The van der Waals surface area contributed by atoms with Crippen LogP contribution in [0.5, 0.6) is 0 Å². The van der Waals surface area contributed by atoms with Gasteiger partial charge in [-0.15, -0.1) is 11.8 Å². The van der Waals surface area contributed by atoms with Crippen molar-refractivity contribution in [3.05, 3.63) is 131 Å². The zero-order valence-electron chi connectivity index (χ0n) is 20.6. The summed E-state index contributed by atoms with van der Waals surface area (Å²) in [5.41, 5.74) is 9.23. The molecule has 1 aliphatic heterocycles. The van der Waals surface area contributed by atoms with Gasteiger partial charge in [0.1, 0.15) is 11.9 Å². The molecule has 0 aliphatic carbocycles. The van der Waals surface area contributed by atoms with Crippen LogP contribution in [0.4, 0.5) is 14.9 Å². The zero-order valence-corrected chi connectivity index (χ0v) is 21.4. The number of anilines is 1. The van der Waals surface area contributed by atoms with Crippen molar-refractivity contribution in [1.29, 1.82) is 0 Å². The van der Waals surface area contributed by atoms with E-state index < -0.39 is 29.8 Å². The molecule has 2 atom stereocenters. The highest BCUT2D eigenvalue weighted by Crippen LogP contribution is 2.35. The van der Waals surface area contributed by atoms with Crippen molar-refractivity contribution in [2.24, 2.45) is 5.73 Å². The lowest BCUT2D eigenvalue weighted by Crippen LogP contribution is -2.29. The summed E-state index contributed by atoms with van der Waals surface area (Å²) < 4.78 is 20.2. The van der Waals surface area contributed by atoms with Crippen LogP contribution in [0.3, 0.4) is 0 Å². The van der Waals surface area contributed by atoms with Crippen LogP contribution in [-0.2, 0) is 16.9 Å². The molecule has 5 rings (SSSR count). The van der Waals surface area contributed by atoms with Gasteiger partial charge in [-0.05, 0) is 65.6 Å². The Morgan fingerprint density at radius 3 is 2.26 bits per heavy atom. The van der Waals surface area contributed by atoms with E-state index >= 15 is 0 Å². The smallest absolute Gasteiger partial charge is 0.414 e. The van der Waals surface area contributed by atoms with E-state index in [2.05, 4.69) is 12.1 Å². The maximum atomic E-state index is 14.4. The van der Waals surface area contributed by atoms with E-state index in [-0.39, 0.29) is 12.1 Å². The monoisotopic (exact) mass is 526 g/mol. The molecule has 2 N–H and O–H groups in total. The number of hydrogen-bond acceptors (Lipinski definition) is 4. The van der Waals surface area contributed by atoms with E-state index in [4.69, 9.17) is 10.5 Å². The number of primary amides is 1. The lowest BCUT2D eigenvalue weighted by atomic mass is 9.84. The molecule has 0 radical (unpaired) electrons. The molecule has 0 bridgehead atoms. The van der Waals surface area contributed by atoms with Crippen molar-refractivity contribution in [3.63, 3.8) is 0 Å². The first kappa shape index (κ1) is 25.5. The average Bonchev–Trinajstić information content (AvgIpc) is 3.33. The molecular weight excluding hydrogens is 499 g/mol. The fraction of sp³-hybridized carbons (Fsp3) is 0.161. The normalized spacial score (nSPS) is 15.8. The van der Waals surface area contributed by atoms with Crippen LogP contribution >= 0.6 is 11.8 Å². The minimum Gasteiger partial charge on any atom is -0.443 e. The molecule has 192 valence electrons. The molecule has 1 saturated heterocycles. The number of thioether (sulfide) groups is 1. The Labute approximate surface area is 225 Å². The van der Waals surface area contributed by atoms with E-state index in [9.17, 15) is 14.0 Å². The molecule has 1 heterocycles. The molecule has 1 fully saturated rings. The summed E-state index contributed by atoms with van der Waals surface area (Å²) in [5.74, 6) is -0.744. The molecule has 0 saturated carbocycles. The van der Waals surface area contributed by atoms with Crippen LogP contribution in [-0.4, -0.2) is 24.6 Å². The first-order valence-electron chi connectivity index (χ1n) is 12.4. The van der Waals surface area contributed by atoms with Crippen LogP contribution in [0, 0.1) is 5.82 Å². The summed E-state index contributed by atoms with van der Waals surface area (Å²) in [7, 11) is 0. The highest BCUT2D eigenvalue weighted by Gasteiger charge is 2.39. The van der Waals surface area contributed by atoms with E-state index in [0.29, 0.717) is 12.0 Å². The van der Waals surface area contributed by atoms with Crippen molar-refractivity contribution in [3.8, 4) is 0 Å². The highest BCUT2D eigenvalue weighted by molar-refractivity contribution is 7.98. The standard InChI is InChI=1S/C31H27FN2O3S/c32-23-11-16-26(30(33)35)27(18-23)28(17-21-7-3-1-4-8-21)29-19-34(31(36)37-29)24-12-14-25(15-13-24)38-20-22-9-5-2-6-10-22/h1-16,18,28-29H,17,19-20H2,(H2,33,35)/t28-,29-/m0/s1. The zero-order chi connectivity index (χ0) is 26.5. The number of ether oxygens (including phenoxy) is 1.